The Morgan fingerprint density at radius 1 is 0.895 bits per heavy atom. The highest BCUT2D eigenvalue weighted by Gasteiger charge is 2.13. The van der Waals surface area contributed by atoms with Crippen molar-refractivity contribution in [2.45, 2.75) is 6.04 Å². The smallest absolute Gasteiger partial charge is 0.128 e. The van der Waals surface area contributed by atoms with Crippen LogP contribution in [0.15, 0.2) is 48.9 Å². The Balaban J connectivity index is 2.07. The van der Waals surface area contributed by atoms with E-state index in [0.29, 0.717) is 5.82 Å². The highest BCUT2D eigenvalue weighted by atomic mass is 14.8. The molecule has 0 fully saturated rings. The van der Waals surface area contributed by atoms with E-state index in [1.165, 1.54) is 0 Å². The normalized spacial score (nSPS) is 12.5. The molecule has 19 heavy (non-hydrogen) atoms. The minimum Gasteiger partial charge on any atom is -0.383 e. The van der Waals surface area contributed by atoms with E-state index in [2.05, 4.69) is 15.0 Å². The van der Waals surface area contributed by atoms with Gasteiger partial charge < -0.3 is 11.5 Å². The third kappa shape index (κ3) is 2.11. The van der Waals surface area contributed by atoms with Crippen molar-refractivity contribution in [3.05, 3.63) is 60.0 Å². The zero-order valence-corrected chi connectivity index (χ0v) is 10.2. The van der Waals surface area contributed by atoms with Crippen LogP contribution in [0, 0.1) is 0 Å². The number of hydrogen-bond acceptors (Lipinski definition) is 5. The first-order chi connectivity index (χ1) is 9.25. The number of nitrogen functional groups attached to an aromatic ring is 1. The molecule has 0 saturated carbocycles. The van der Waals surface area contributed by atoms with Gasteiger partial charge in [-0.15, -0.1) is 0 Å². The SMILES string of the molecule is Nc1ncccc1C(N)c1ccc2nccnc2c1. The predicted octanol–water partition coefficient (Wildman–Crippen LogP) is 1.66. The fraction of sp³-hybridized carbons (Fsp3) is 0.0714. The number of fused-ring (bicyclic) bond motifs is 1. The Hall–Kier alpha value is -2.53. The van der Waals surface area contributed by atoms with Crippen molar-refractivity contribution in [2.75, 3.05) is 5.73 Å². The first kappa shape index (κ1) is 11.6. The van der Waals surface area contributed by atoms with Gasteiger partial charge in [-0.3, -0.25) is 9.97 Å². The lowest BCUT2D eigenvalue weighted by atomic mass is 10.00. The molecule has 0 aliphatic rings. The first-order valence-corrected chi connectivity index (χ1v) is 5.92. The fourth-order valence-electron chi connectivity index (χ4n) is 2.05. The number of anilines is 1. The van der Waals surface area contributed by atoms with Gasteiger partial charge in [0.25, 0.3) is 0 Å². The zero-order chi connectivity index (χ0) is 13.2. The summed E-state index contributed by atoms with van der Waals surface area (Å²) in [6, 6.07) is 9.16. The maximum Gasteiger partial charge on any atom is 0.128 e. The molecule has 1 unspecified atom stereocenters. The number of aromatic nitrogens is 3. The first-order valence-electron chi connectivity index (χ1n) is 5.92. The minimum absolute atomic E-state index is 0.319. The molecule has 0 aliphatic carbocycles. The quantitative estimate of drug-likeness (QED) is 0.722. The molecule has 5 nitrogen and oxygen atoms in total. The van der Waals surface area contributed by atoms with Crippen molar-refractivity contribution in [1.29, 1.82) is 0 Å². The predicted molar refractivity (Wildman–Crippen MR) is 74.2 cm³/mol. The molecule has 3 aromatic rings. The van der Waals surface area contributed by atoms with Crippen LogP contribution >= 0.6 is 0 Å². The molecular formula is C14H13N5. The Morgan fingerprint density at radius 3 is 2.47 bits per heavy atom. The van der Waals surface area contributed by atoms with Crippen LogP contribution in [0.1, 0.15) is 17.2 Å². The highest BCUT2D eigenvalue weighted by molar-refractivity contribution is 5.74. The van der Waals surface area contributed by atoms with Crippen LogP contribution in [0.3, 0.4) is 0 Å². The molecule has 0 radical (unpaired) electrons. The standard InChI is InChI=1S/C14H13N5/c15-13(10-2-1-5-19-14(10)16)9-3-4-11-12(8-9)18-7-6-17-11/h1-8,13H,15H2,(H2,16,19). The van der Waals surface area contributed by atoms with Crippen LogP contribution in [0.25, 0.3) is 11.0 Å². The third-order valence-corrected chi connectivity index (χ3v) is 3.06. The van der Waals surface area contributed by atoms with Crippen LogP contribution in [0.4, 0.5) is 5.82 Å². The van der Waals surface area contributed by atoms with Gasteiger partial charge in [-0.2, -0.15) is 0 Å². The third-order valence-electron chi connectivity index (χ3n) is 3.06. The van der Waals surface area contributed by atoms with Crippen LogP contribution in [0.5, 0.6) is 0 Å². The van der Waals surface area contributed by atoms with E-state index < -0.39 is 0 Å². The van der Waals surface area contributed by atoms with E-state index in [4.69, 9.17) is 11.5 Å². The van der Waals surface area contributed by atoms with E-state index in [0.717, 1.165) is 22.2 Å². The summed E-state index contributed by atoms with van der Waals surface area (Å²) >= 11 is 0. The zero-order valence-electron chi connectivity index (χ0n) is 10.2. The number of pyridine rings is 1. The van der Waals surface area contributed by atoms with Gasteiger partial charge in [0.15, 0.2) is 0 Å². The van der Waals surface area contributed by atoms with Crippen LogP contribution in [-0.2, 0) is 0 Å². The molecule has 0 bridgehead atoms. The molecule has 0 spiro atoms. The molecule has 3 rings (SSSR count). The maximum absolute atomic E-state index is 6.24. The summed E-state index contributed by atoms with van der Waals surface area (Å²) in [6.07, 6.45) is 4.98. The lowest BCUT2D eigenvalue weighted by Crippen LogP contribution is -2.14. The van der Waals surface area contributed by atoms with Crippen molar-refractivity contribution < 1.29 is 0 Å². The molecule has 2 aromatic heterocycles. The Morgan fingerprint density at radius 2 is 1.68 bits per heavy atom. The van der Waals surface area contributed by atoms with Gasteiger partial charge in [0, 0.05) is 24.2 Å². The van der Waals surface area contributed by atoms with E-state index in [9.17, 15) is 0 Å². The Kier molecular flexibility index (Phi) is 2.81. The van der Waals surface area contributed by atoms with E-state index in [-0.39, 0.29) is 6.04 Å². The van der Waals surface area contributed by atoms with Crippen LogP contribution in [0.2, 0.25) is 0 Å². The summed E-state index contributed by atoms with van der Waals surface area (Å²) in [5, 5.41) is 0. The molecule has 0 aliphatic heterocycles. The van der Waals surface area contributed by atoms with Gasteiger partial charge in [0.2, 0.25) is 0 Å². The van der Waals surface area contributed by atoms with E-state index >= 15 is 0 Å². The molecule has 4 N–H and O–H groups in total. The van der Waals surface area contributed by atoms with Crippen molar-refractivity contribution in [1.82, 2.24) is 15.0 Å². The average molecular weight is 251 g/mol. The van der Waals surface area contributed by atoms with Gasteiger partial charge in [-0.05, 0) is 23.8 Å². The largest absolute Gasteiger partial charge is 0.383 e. The molecule has 0 amide bonds. The minimum atomic E-state index is -0.319. The fourth-order valence-corrected chi connectivity index (χ4v) is 2.05. The lowest BCUT2D eigenvalue weighted by Gasteiger charge is -2.14. The average Bonchev–Trinajstić information content (AvgIpc) is 2.46. The monoisotopic (exact) mass is 251 g/mol. The highest BCUT2D eigenvalue weighted by Crippen LogP contribution is 2.24. The summed E-state index contributed by atoms with van der Waals surface area (Å²) in [5.41, 5.74) is 15.5. The second kappa shape index (κ2) is 4.62. The summed E-state index contributed by atoms with van der Waals surface area (Å²) in [7, 11) is 0. The molecule has 0 saturated heterocycles. The molecule has 94 valence electrons. The summed E-state index contributed by atoms with van der Waals surface area (Å²) in [6.45, 7) is 0. The van der Waals surface area contributed by atoms with Crippen molar-refractivity contribution in [3.8, 4) is 0 Å². The van der Waals surface area contributed by atoms with Gasteiger partial charge in [-0.25, -0.2) is 4.98 Å². The molecule has 1 aromatic carbocycles. The lowest BCUT2D eigenvalue weighted by molar-refractivity contribution is 0.869. The van der Waals surface area contributed by atoms with Gasteiger partial charge in [0.1, 0.15) is 5.82 Å². The van der Waals surface area contributed by atoms with Gasteiger partial charge in [-0.1, -0.05) is 12.1 Å². The van der Waals surface area contributed by atoms with Crippen LogP contribution in [-0.4, -0.2) is 15.0 Å². The van der Waals surface area contributed by atoms with Gasteiger partial charge >= 0.3 is 0 Å². The maximum atomic E-state index is 6.24. The number of benzene rings is 1. The van der Waals surface area contributed by atoms with Crippen LogP contribution < -0.4 is 11.5 Å². The number of nitrogens with two attached hydrogens (primary N) is 2. The molecular weight excluding hydrogens is 238 g/mol. The number of nitrogens with zero attached hydrogens (tertiary/aromatic N) is 3. The summed E-state index contributed by atoms with van der Waals surface area (Å²) in [5.74, 6) is 0.453. The molecule has 5 heteroatoms. The van der Waals surface area contributed by atoms with Crippen molar-refractivity contribution >= 4 is 16.9 Å². The second-order valence-corrected chi connectivity index (χ2v) is 4.26. The topological polar surface area (TPSA) is 90.7 Å². The number of rotatable bonds is 2. The Labute approximate surface area is 110 Å². The number of hydrogen-bond donors (Lipinski definition) is 2. The second-order valence-electron chi connectivity index (χ2n) is 4.26. The Bertz CT molecular complexity index is 726. The van der Waals surface area contributed by atoms with E-state index in [1.54, 1.807) is 18.6 Å². The molecule has 1 atom stereocenters. The van der Waals surface area contributed by atoms with Crippen molar-refractivity contribution in [2.24, 2.45) is 5.73 Å². The molecule has 2 heterocycles. The van der Waals surface area contributed by atoms with E-state index in [1.807, 2.05) is 30.3 Å². The summed E-state index contributed by atoms with van der Waals surface area (Å²) in [4.78, 5) is 12.6. The van der Waals surface area contributed by atoms with Crippen molar-refractivity contribution in [3.63, 3.8) is 0 Å². The summed E-state index contributed by atoms with van der Waals surface area (Å²) < 4.78 is 0. The van der Waals surface area contributed by atoms with Gasteiger partial charge in [0.05, 0.1) is 17.1 Å².